The van der Waals surface area contributed by atoms with E-state index in [9.17, 15) is 0 Å². The molecule has 0 bridgehead atoms. The van der Waals surface area contributed by atoms with Crippen LogP contribution in [0.1, 0.15) is 22.3 Å². The molecule has 0 amide bonds. The molecule has 0 aliphatic rings. The van der Waals surface area contributed by atoms with Gasteiger partial charge in [-0.15, -0.1) is 0 Å². The fourth-order valence-electron chi connectivity index (χ4n) is 13.3. The number of rotatable bonds is 9. The molecule has 5 heteroatoms. The maximum absolute atomic E-state index is 5.98. The van der Waals surface area contributed by atoms with Crippen molar-refractivity contribution >= 4 is 65.4 Å². The van der Waals surface area contributed by atoms with Gasteiger partial charge < -0.3 is 9.13 Å². The summed E-state index contributed by atoms with van der Waals surface area (Å²) in [6, 6.07) is 99.9. The monoisotopic (exact) mass is 1090 g/mol. The Morgan fingerprint density at radius 2 is 0.600 bits per heavy atom. The van der Waals surface area contributed by atoms with Crippen LogP contribution in [0.3, 0.4) is 0 Å². The quantitative estimate of drug-likeness (QED) is 0.145. The van der Waals surface area contributed by atoms with Gasteiger partial charge in [-0.2, -0.15) is 0 Å². The summed E-state index contributed by atoms with van der Waals surface area (Å²) in [7, 11) is 0. The number of benzene rings is 11. The highest BCUT2D eigenvalue weighted by molar-refractivity contribution is 6.12. The number of hydrogen-bond donors (Lipinski definition) is 0. The number of para-hydroxylation sites is 2. The molecular formula is C80H57N5. The van der Waals surface area contributed by atoms with Gasteiger partial charge >= 0.3 is 0 Å². The van der Waals surface area contributed by atoms with Gasteiger partial charge in [-0.1, -0.05) is 192 Å². The Labute approximate surface area is 493 Å². The summed E-state index contributed by atoms with van der Waals surface area (Å²) in [6.07, 6.45) is 0. The van der Waals surface area contributed by atoms with Gasteiger partial charge in [0.25, 0.3) is 0 Å². The van der Waals surface area contributed by atoms with E-state index < -0.39 is 0 Å². The van der Waals surface area contributed by atoms with Crippen molar-refractivity contribution in [2.24, 2.45) is 0 Å². The van der Waals surface area contributed by atoms with Crippen LogP contribution < -0.4 is 0 Å². The number of hydrogen-bond acceptors (Lipinski definition) is 2. The lowest BCUT2D eigenvalue weighted by Crippen LogP contribution is -2.05. The van der Waals surface area contributed by atoms with Crippen LogP contribution in [0.25, 0.3) is 150 Å². The Hall–Kier alpha value is -10.9. The molecule has 0 fully saturated rings. The minimum atomic E-state index is 0.845. The Bertz CT molecular complexity index is 5080. The van der Waals surface area contributed by atoms with E-state index in [1.165, 1.54) is 76.6 Å². The topological polar surface area (TPSA) is 40.6 Å². The molecule has 402 valence electrons. The zero-order chi connectivity index (χ0) is 56.9. The van der Waals surface area contributed by atoms with Crippen molar-refractivity contribution in [3.63, 3.8) is 0 Å². The maximum atomic E-state index is 5.98. The van der Waals surface area contributed by atoms with Gasteiger partial charge in [0.15, 0.2) is 0 Å². The first kappa shape index (κ1) is 49.9. The van der Waals surface area contributed by atoms with Crippen LogP contribution in [0.5, 0.6) is 0 Å². The lowest BCUT2D eigenvalue weighted by atomic mass is 9.88. The predicted molar refractivity (Wildman–Crippen MR) is 357 cm³/mol. The highest BCUT2D eigenvalue weighted by atomic mass is 15.1. The molecule has 0 N–H and O–H groups in total. The molecule has 11 aromatic carbocycles. The number of pyridine rings is 2. The Balaban J connectivity index is 0.977. The highest BCUT2D eigenvalue weighted by Gasteiger charge is 2.25. The minimum Gasteiger partial charge on any atom is -0.309 e. The van der Waals surface area contributed by atoms with Crippen molar-refractivity contribution in [2.75, 3.05) is 0 Å². The average molecular weight is 1090 g/mol. The van der Waals surface area contributed by atoms with E-state index in [2.05, 4.69) is 314 Å². The first-order valence-electron chi connectivity index (χ1n) is 29.3. The average Bonchev–Trinajstić information content (AvgIpc) is 1.95. The van der Waals surface area contributed by atoms with Crippen molar-refractivity contribution in [3.8, 4) is 84.3 Å². The van der Waals surface area contributed by atoms with Gasteiger partial charge in [-0.3, -0.25) is 4.57 Å². The summed E-state index contributed by atoms with van der Waals surface area (Å²) in [4.78, 5) is 11.3. The summed E-state index contributed by atoms with van der Waals surface area (Å²) in [5.74, 6) is 0.845. The number of aromatic nitrogens is 5. The minimum absolute atomic E-state index is 0.845. The molecule has 16 aromatic rings. The van der Waals surface area contributed by atoms with Crippen molar-refractivity contribution in [2.45, 2.75) is 27.7 Å². The fraction of sp³-hybridized carbons (Fsp3) is 0.0500. The molecular weight excluding hydrogens is 1030 g/mol. The summed E-state index contributed by atoms with van der Waals surface area (Å²) in [6.45, 7) is 8.71. The van der Waals surface area contributed by atoms with E-state index in [1.54, 1.807) is 0 Å². The van der Waals surface area contributed by atoms with E-state index in [0.29, 0.717) is 0 Å². The predicted octanol–water partition coefficient (Wildman–Crippen LogP) is 21.0. The van der Waals surface area contributed by atoms with Crippen LogP contribution in [-0.2, 0) is 0 Å². The third kappa shape index (κ3) is 8.38. The number of fused-ring (bicyclic) bond motifs is 9. The van der Waals surface area contributed by atoms with E-state index in [-0.39, 0.29) is 0 Å². The van der Waals surface area contributed by atoms with Crippen LogP contribution in [0.4, 0.5) is 0 Å². The summed E-state index contributed by atoms with van der Waals surface area (Å²) in [5, 5.41) is 7.37. The van der Waals surface area contributed by atoms with E-state index in [1.807, 2.05) is 0 Å². The summed E-state index contributed by atoms with van der Waals surface area (Å²) < 4.78 is 7.23. The smallest absolute Gasteiger partial charge is 0.146 e. The molecule has 0 spiro atoms. The molecule has 0 aliphatic heterocycles. The lowest BCUT2D eigenvalue weighted by molar-refractivity contribution is 1.09. The molecule has 0 unspecified atom stereocenters. The van der Waals surface area contributed by atoms with Crippen molar-refractivity contribution in [1.29, 1.82) is 0 Å². The van der Waals surface area contributed by atoms with E-state index in [0.717, 1.165) is 95.4 Å². The first-order valence-corrected chi connectivity index (χ1v) is 29.3. The second-order valence-corrected chi connectivity index (χ2v) is 22.9. The maximum Gasteiger partial charge on any atom is 0.146 e. The van der Waals surface area contributed by atoms with Gasteiger partial charge in [0.2, 0.25) is 0 Å². The number of aryl methyl sites for hydroxylation is 4. The first-order chi connectivity index (χ1) is 41.8. The largest absolute Gasteiger partial charge is 0.309 e. The molecule has 16 rings (SSSR count). The molecule has 85 heavy (non-hydrogen) atoms. The van der Waals surface area contributed by atoms with Gasteiger partial charge in [0, 0.05) is 65.9 Å². The van der Waals surface area contributed by atoms with Gasteiger partial charge in [-0.25, -0.2) is 9.97 Å². The molecule has 0 radical (unpaired) electrons. The molecule has 5 aromatic heterocycles. The van der Waals surface area contributed by atoms with Crippen LogP contribution in [0, 0.1) is 27.7 Å². The zero-order valence-electron chi connectivity index (χ0n) is 47.7. The van der Waals surface area contributed by atoms with Crippen molar-refractivity contribution in [1.82, 2.24) is 23.7 Å². The molecule has 0 aliphatic carbocycles. The molecule has 0 saturated carbocycles. The van der Waals surface area contributed by atoms with Gasteiger partial charge in [0.1, 0.15) is 5.82 Å². The van der Waals surface area contributed by atoms with Gasteiger partial charge in [-0.05, 0) is 159 Å². The molecule has 5 heterocycles. The van der Waals surface area contributed by atoms with E-state index in [4.69, 9.17) is 9.97 Å². The Morgan fingerprint density at radius 3 is 1.06 bits per heavy atom. The van der Waals surface area contributed by atoms with Crippen LogP contribution in [0.2, 0.25) is 0 Å². The third-order valence-electron chi connectivity index (χ3n) is 17.3. The van der Waals surface area contributed by atoms with Gasteiger partial charge in [0.05, 0.1) is 50.2 Å². The summed E-state index contributed by atoms with van der Waals surface area (Å²) >= 11 is 0. The molecule has 5 nitrogen and oxygen atoms in total. The Kier molecular flexibility index (Phi) is 11.7. The second-order valence-electron chi connectivity index (χ2n) is 22.9. The normalized spacial score (nSPS) is 11.8. The second kappa shape index (κ2) is 19.9. The van der Waals surface area contributed by atoms with E-state index >= 15 is 0 Å². The zero-order valence-corrected chi connectivity index (χ0v) is 47.7. The SMILES string of the molecule is Cc1ccc2c(c1)c1cc(C)ccc1n2-c1ccc(-c2cc(-c3ccccc3-c3cc(-c4ccccc4)nc(-c4ccccc4)c3)c(-c3ccc(-n4c5ccc(C)cc5c5cc(C)ccc54)cc3)c(-n3c4ccccc4c4ccccc43)n2)cc1. The number of nitrogens with zero attached hydrogens (tertiary/aromatic N) is 5. The molecule has 0 saturated heterocycles. The highest BCUT2D eigenvalue weighted by Crippen LogP contribution is 2.47. The Morgan fingerprint density at radius 1 is 0.235 bits per heavy atom. The van der Waals surface area contributed by atoms with Crippen molar-refractivity contribution < 1.29 is 0 Å². The standard InChI is InChI=1S/C80H57N5/c1-50-27-39-75-65(43-50)66-44-51(2)28-40-76(66)83(75)59-35-31-56(32-36-59)72-49-69(62-22-12-11-21-61(62)58-47-70(54-17-7-5-8-18-54)81-71(48-58)55-19-9-6-10-20-55)79(80(82-72)85-73-25-15-13-23-63(73)64-24-14-16-26-74(64)85)57-33-37-60(38-34-57)84-77-41-29-52(3)45-67(77)68-46-53(4)30-42-78(68)84/h5-49H,1-4H3. The van der Waals surface area contributed by atoms with Crippen LogP contribution in [-0.4, -0.2) is 23.7 Å². The summed E-state index contributed by atoms with van der Waals surface area (Å²) in [5.41, 5.74) is 26.3. The third-order valence-corrected chi connectivity index (χ3v) is 17.3. The van der Waals surface area contributed by atoms with Crippen LogP contribution in [0.15, 0.2) is 273 Å². The molecule has 0 atom stereocenters. The lowest BCUT2D eigenvalue weighted by Gasteiger charge is -2.22. The van der Waals surface area contributed by atoms with Crippen molar-refractivity contribution in [3.05, 3.63) is 295 Å². The van der Waals surface area contributed by atoms with Crippen LogP contribution >= 0.6 is 0 Å². The fourth-order valence-corrected chi connectivity index (χ4v) is 13.3.